The second-order valence-corrected chi connectivity index (χ2v) is 3.54. The summed E-state index contributed by atoms with van der Waals surface area (Å²) in [4.78, 5) is 2.39. The van der Waals surface area contributed by atoms with Gasteiger partial charge in [-0.15, -0.1) is 0 Å². The van der Waals surface area contributed by atoms with Crippen LogP contribution in [0, 0.1) is 11.8 Å². The number of hydrogen-bond donors (Lipinski definition) is 1. The first-order valence-corrected chi connectivity index (χ1v) is 3.71. The fourth-order valence-corrected chi connectivity index (χ4v) is 2.18. The van der Waals surface area contributed by atoms with Crippen molar-refractivity contribution < 1.29 is 0 Å². The molecule has 2 heteroatoms. The van der Waals surface area contributed by atoms with Crippen LogP contribution in [0.15, 0.2) is 0 Å². The van der Waals surface area contributed by atoms with Crippen LogP contribution in [0.3, 0.4) is 0 Å². The van der Waals surface area contributed by atoms with E-state index in [1.165, 1.54) is 19.5 Å². The molecule has 2 fully saturated rings. The summed E-state index contributed by atoms with van der Waals surface area (Å²) < 4.78 is 0. The fourth-order valence-electron chi connectivity index (χ4n) is 2.18. The first-order valence-electron chi connectivity index (χ1n) is 3.71. The summed E-state index contributed by atoms with van der Waals surface area (Å²) >= 11 is 0. The Kier molecular flexibility index (Phi) is 1.08. The monoisotopic (exact) mass is 126 g/mol. The molecule has 9 heavy (non-hydrogen) atoms. The van der Waals surface area contributed by atoms with Crippen molar-refractivity contribution >= 4 is 0 Å². The summed E-state index contributed by atoms with van der Waals surface area (Å²) in [5, 5.41) is 0. The molecule has 2 nitrogen and oxygen atoms in total. The van der Waals surface area contributed by atoms with E-state index in [1.807, 2.05) is 0 Å². The van der Waals surface area contributed by atoms with Gasteiger partial charge >= 0.3 is 0 Å². The summed E-state index contributed by atoms with van der Waals surface area (Å²) in [6.45, 7) is 2.53. The van der Waals surface area contributed by atoms with Crippen molar-refractivity contribution in [2.45, 2.75) is 12.5 Å². The van der Waals surface area contributed by atoms with Gasteiger partial charge in [-0.3, -0.25) is 0 Å². The van der Waals surface area contributed by atoms with Crippen LogP contribution in [-0.4, -0.2) is 31.1 Å². The van der Waals surface area contributed by atoms with Gasteiger partial charge in [0.15, 0.2) is 0 Å². The first-order chi connectivity index (χ1) is 4.27. The first kappa shape index (κ1) is 5.69. The minimum Gasteiger partial charge on any atom is -0.327 e. The predicted octanol–water partition coefficient (Wildman–Crippen LogP) is -0.105. The highest BCUT2D eigenvalue weighted by Crippen LogP contribution is 2.38. The maximum absolute atomic E-state index is 5.80. The zero-order valence-corrected chi connectivity index (χ0v) is 5.88. The maximum Gasteiger partial charge on any atom is 0.00857 e. The molecule has 0 spiro atoms. The number of rotatable bonds is 0. The highest BCUT2D eigenvalue weighted by atomic mass is 15.1. The average Bonchev–Trinajstić information content (AvgIpc) is 2.08. The Hall–Kier alpha value is -0.0800. The normalized spacial score (nSPS) is 50.7. The lowest BCUT2D eigenvalue weighted by Gasteiger charge is -2.36. The molecular weight excluding hydrogens is 112 g/mol. The van der Waals surface area contributed by atoms with E-state index in [0.29, 0.717) is 6.04 Å². The van der Waals surface area contributed by atoms with E-state index in [4.69, 9.17) is 5.73 Å². The molecule has 0 aromatic carbocycles. The molecule has 1 aliphatic carbocycles. The highest BCUT2D eigenvalue weighted by Gasteiger charge is 2.43. The molecule has 1 heterocycles. The van der Waals surface area contributed by atoms with Gasteiger partial charge in [0.05, 0.1) is 0 Å². The minimum absolute atomic E-state index is 0.528. The lowest BCUT2D eigenvalue weighted by molar-refractivity contribution is 0.194. The van der Waals surface area contributed by atoms with Crippen LogP contribution < -0.4 is 5.73 Å². The third-order valence-electron chi connectivity index (χ3n) is 2.80. The van der Waals surface area contributed by atoms with E-state index >= 15 is 0 Å². The number of likely N-dealkylation sites (tertiary alicyclic amines) is 1. The van der Waals surface area contributed by atoms with Crippen LogP contribution in [0.25, 0.3) is 0 Å². The Balaban J connectivity index is 2.00. The smallest absolute Gasteiger partial charge is 0.00857 e. The largest absolute Gasteiger partial charge is 0.327 e. The molecule has 0 bridgehead atoms. The van der Waals surface area contributed by atoms with Crippen LogP contribution in [0.5, 0.6) is 0 Å². The molecule has 1 saturated heterocycles. The molecule has 0 aromatic heterocycles. The van der Waals surface area contributed by atoms with Crippen molar-refractivity contribution in [2.24, 2.45) is 17.6 Å². The number of hydrogen-bond acceptors (Lipinski definition) is 2. The molecule has 0 amide bonds. The summed E-state index contributed by atoms with van der Waals surface area (Å²) in [7, 11) is 2.19. The van der Waals surface area contributed by atoms with E-state index in [9.17, 15) is 0 Å². The fraction of sp³-hybridized carbons (Fsp3) is 1.00. The van der Waals surface area contributed by atoms with Gasteiger partial charge < -0.3 is 10.6 Å². The predicted molar refractivity (Wildman–Crippen MR) is 37.1 cm³/mol. The SMILES string of the molecule is CN1C[C@@H]2C[C@H](N)[C@@H]2C1. The molecule has 0 unspecified atom stereocenters. The van der Waals surface area contributed by atoms with Gasteiger partial charge in [0.1, 0.15) is 0 Å². The average molecular weight is 126 g/mol. The second kappa shape index (κ2) is 1.70. The van der Waals surface area contributed by atoms with Crippen molar-refractivity contribution in [3.05, 3.63) is 0 Å². The van der Waals surface area contributed by atoms with E-state index in [0.717, 1.165) is 11.8 Å². The molecule has 1 aliphatic heterocycles. The van der Waals surface area contributed by atoms with Crippen molar-refractivity contribution in [1.82, 2.24) is 4.90 Å². The van der Waals surface area contributed by atoms with Crippen LogP contribution in [0.2, 0.25) is 0 Å². The third-order valence-corrected chi connectivity index (χ3v) is 2.80. The van der Waals surface area contributed by atoms with Gasteiger partial charge in [-0.25, -0.2) is 0 Å². The van der Waals surface area contributed by atoms with Crippen LogP contribution in [-0.2, 0) is 0 Å². The van der Waals surface area contributed by atoms with Crippen LogP contribution in [0.1, 0.15) is 6.42 Å². The maximum atomic E-state index is 5.80. The number of nitrogens with two attached hydrogens (primary N) is 1. The van der Waals surface area contributed by atoms with Gasteiger partial charge in [0, 0.05) is 19.1 Å². The Morgan fingerprint density at radius 1 is 1.44 bits per heavy atom. The topological polar surface area (TPSA) is 29.3 Å². The van der Waals surface area contributed by atoms with E-state index < -0.39 is 0 Å². The molecular formula is C7H14N2. The van der Waals surface area contributed by atoms with Crippen molar-refractivity contribution in [2.75, 3.05) is 20.1 Å². The summed E-state index contributed by atoms with van der Waals surface area (Å²) in [6, 6.07) is 0.528. The van der Waals surface area contributed by atoms with Gasteiger partial charge in [0.25, 0.3) is 0 Å². The van der Waals surface area contributed by atoms with E-state index in [-0.39, 0.29) is 0 Å². The lowest BCUT2D eigenvalue weighted by atomic mass is 9.72. The lowest BCUT2D eigenvalue weighted by Crippen LogP contribution is -2.46. The summed E-state index contributed by atoms with van der Waals surface area (Å²) in [6.07, 6.45) is 1.27. The number of fused-ring (bicyclic) bond motifs is 1. The van der Waals surface area contributed by atoms with Crippen molar-refractivity contribution in [3.63, 3.8) is 0 Å². The molecule has 1 saturated carbocycles. The van der Waals surface area contributed by atoms with Crippen molar-refractivity contribution in [1.29, 1.82) is 0 Å². The van der Waals surface area contributed by atoms with Crippen LogP contribution in [0.4, 0.5) is 0 Å². The van der Waals surface area contributed by atoms with Gasteiger partial charge in [-0.2, -0.15) is 0 Å². The summed E-state index contributed by atoms with van der Waals surface area (Å²) in [5.74, 6) is 1.79. The third kappa shape index (κ3) is 0.700. The minimum atomic E-state index is 0.528. The van der Waals surface area contributed by atoms with E-state index in [1.54, 1.807) is 0 Å². The molecule has 52 valence electrons. The van der Waals surface area contributed by atoms with Gasteiger partial charge in [-0.1, -0.05) is 0 Å². The summed E-state index contributed by atoms with van der Waals surface area (Å²) in [5.41, 5.74) is 5.80. The quantitative estimate of drug-likeness (QED) is 0.491. The standard InChI is InChI=1S/C7H14N2/c1-9-3-5-2-7(8)6(5)4-9/h5-7H,2-4,8H2,1H3/t5-,6+,7-/m0/s1. The second-order valence-electron chi connectivity index (χ2n) is 3.54. The Morgan fingerprint density at radius 2 is 2.22 bits per heavy atom. The zero-order valence-electron chi connectivity index (χ0n) is 5.88. The van der Waals surface area contributed by atoms with Crippen molar-refractivity contribution in [3.8, 4) is 0 Å². The molecule has 2 N–H and O–H groups in total. The molecule has 0 radical (unpaired) electrons. The Morgan fingerprint density at radius 3 is 2.67 bits per heavy atom. The molecule has 2 rings (SSSR count). The molecule has 2 aliphatic rings. The Bertz CT molecular complexity index is 124. The number of nitrogens with zero attached hydrogens (tertiary/aromatic N) is 1. The molecule has 0 aromatic rings. The van der Waals surface area contributed by atoms with E-state index in [2.05, 4.69) is 11.9 Å². The highest BCUT2D eigenvalue weighted by molar-refractivity contribution is 4.98. The Labute approximate surface area is 56.0 Å². The molecule has 3 atom stereocenters. The van der Waals surface area contributed by atoms with Crippen LogP contribution >= 0.6 is 0 Å². The van der Waals surface area contributed by atoms with Gasteiger partial charge in [0.2, 0.25) is 0 Å². The zero-order chi connectivity index (χ0) is 6.43. The van der Waals surface area contributed by atoms with Gasteiger partial charge in [-0.05, 0) is 25.3 Å².